The fourth-order valence-corrected chi connectivity index (χ4v) is 5.53. The van der Waals surface area contributed by atoms with E-state index in [-0.39, 0.29) is 24.0 Å². The number of carbonyl (C=O) groups excluding carboxylic acids is 1. The van der Waals surface area contributed by atoms with E-state index < -0.39 is 11.0 Å². The number of ketones is 1. The Kier molecular flexibility index (Phi) is 3.71. The average Bonchev–Trinajstić information content (AvgIpc) is 2.58. The Labute approximate surface area is 147 Å². The molecule has 0 spiro atoms. The summed E-state index contributed by atoms with van der Waals surface area (Å²) in [7, 11) is 1.52. The van der Waals surface area contributed by atoms with Crippen molar-refractivity contribution in [3.63, 3.8) is 0 Å². The second-order valence-corrected chi connectivity index (χ2v) is 7.63. The van der Waals surface area contributed by atoms with E-state index in [2.05, 4.69) is 11.5 Å². The number of Topliss-reactive ketones (excluding diaryl/α,β-unsaturated/α-hetero) is 1. The van der Waals surface area contributed by atoms with Crippen LogP contribution in [0.4, 0.5) is 0 Å². The van der Waals surface area contributed by atoms with Crippen LogP contribution in [-0.4, -0.2) is 52.7 Å². The van der Waals surface area contributed by atoms with E-state index in [9.17, 15) is 15.0 Å². The monoisotopic (exact) mass is 343 g/mol. The first-order valence-electron chi connectivity index (χ1n) is 8.95. The minimum absolute atomic E-state index is 0.0624. The minimum Gasteiger partial charge on any atom is -0.504 e. The predicted molar refractivity (Wildman–Crippen MR) is 94.0 cm³/mol. The Morgan fingerprint density at radius 1 is 1.44 bits per heavy atom. The third kappa shape index (κ3) is 2.06. The smallest absolute Gasteiger partial charge is 0.161 e. The van der Waals surface area contributed by atoms with E-state index in [0.717, 1.165) is 17.7 Å². The number of aliphatic hydroxyl groups is 1. The molecule has 0 aromatic heterocycles. The molecule has 2 N–H and O–H groups in total. The molecule has 1 aromatic rings. The second kappa shape index (κ2) is 5.58. The van der Waals surface area contributed by atoms with Gasteiger partial charge in [0.05, 0.1) is 12.7 Å². The number of fused-ring (bicyclic) bond motifs is 1. The Morgan fingerprint density at radius 2 is 2.24 bits per heavy atom. The van der Waals surface area contributed by atoms with Crippen molar-refractivity contribution in [2.45, 2.75) is 49.2 Å². The van der Waals surface area contributed by atoms with Gasteiger partial charge in [-0.25, -0.2) is 0 Å². The molecule has 4 rings (SSSR count). The summed E-state index contributed by atoms with van der Waals surface area (Å²) >= 11 is 0. The van der Waals surface area contributed by atoms with E-state index in [1.54, 1.807) is 6.07 Å². The van der Waals surface area contributed by atoms with Crippen molar-refractivity contribution in [1.29, 1.82) is 0 Å². The highest BCUT2D eigenvalue weighted by atomic mass is 16.5. The van der Waals surface area contributed by atoms with Crippen LogP contribution < -0.4 is 4.74 Å². The number of ether oxygens (including phenoxy) is 1. The summed E-state index contributed by atoms with van der Waals surface area (Å²) in [6.07, 6.45) is 4.30. The maximum absolute atomic E-state index is 12.4. The molecule has 2 bridgehead atoms. The highest BCUT2D eigenvalue weighted by Gasteiger charge is 2.65. The summed E-state index contributed by atoms with van der Waals surface area (Å²) in [5.41, 5.74) is 0.00365. The number of hydrogen-bond donors (Lipinski definition) is 2. The first-order chi connectivity index (χ1) is 12.0. The number of phenols is 1. The van der Waals surface area contributed by atoms with Crippen molar-refractivity contribution in [1.82, 2.24) is 4.90 Å². The molecular formula is C20H25NO4. The lowest BCUT2D eigenvalue weighted by atomic mass is 9.49. The van der Waals surface area contributed by atoms with Gasteiger partial charge in [-0.3, -0.25) is 9.69 Å². The van der Waals surface area contributed by atoms with Crippen LogP contribution in [0.2, 0.25) is 0 Å². The molecule has 1 saturated carbocycles. The number of methoxy groups -OCH3 is 1. The number of aromatic hydroxyl groups is 1. The fraction of sp³-hybridized carbons (Fsp3) is 0.550. The molecule has 2 fully saturated rings. The molecule has 25 heavy (non-hydrogen) atoms. The number of piperidine rings is 1. The zero-order valence-corrected chi connectivity index (χ0v) is 14.6. The standard InChI is InChI=1S/C20H25NO4/c1-3-9-21-10-8-19-12-14(22)6-7-20(19,24)16(21)11-13-4-5-15(25-2)18(23)17(13)19/h3-5,16,23-24H,1,6-12H2,2H3/t16-,19-,20-/m1/s1. The molecule has 1 aromatic carbocycles. The van der Waals surface area contributed by atoms with Gasteiger partial charge in [-0.2, -0.15) is 0 Å². The van der Waals surface area contributed by atoms with Crippen LogP contribution in [0.3, 0.4) is 0 Å². The largest absolute Gasteiger partial charge is 0.504 e. The van der Waals surface area contributed by atoms with Gasteiger partial charge in [-0.1, -0.05) is 12.1 Å². The zero-order chi connectivity index (χ0) is 17.8. The summed E-state index contributed by atoms with van der Waals surface area (Å²) in [5, 5.41) is 22.7. The molecule has 5 nitrogen and oxygen atoms in total. The van der Waals surface area contributed by atoms with Gasteiger partial charge in [0, 0.05) is 36.4 Å². The van der Waals surface area contributed by atoms with Gasteiger partial charge >= 0.3 is 0 Å². The molecule has 134 valence electrons. The van der Waals surface area contributed by atoms with Crippen molar-refractivity contribution in [2.75, 3.05) is 20.2 Å². The second-order valence-electron chi connectivity index (χ2n) is 7.63. The summed E-state index contributed by atoms with van der Waals surface area (Å²) in [4.78, 5) is 14.7. The van der Waals surface area contributed by atoms with Crippen LogP contribution in [-0.2, 0) is 16.6 Å². The Balaban J connectivity index is 1.95. The summed E-state index contributed by atoms with van der Waals surface area (Å²) in [5.74, 6) is 0.653. The van der Waals surface area contributed by atoms with Gasteiger partial charge in [0.1, 0.15) is 5.78 Å². The lowest BCUT2D eigenvalue weighted by Crippen LogP contribution is -2.73. The number of likely N-dealkylation sites (tertiary alicyclic amines) is 1. The van der Waals surface area contributed by atoms with Gasteiger partial charge in [0.2, 0.25) is 0 Å². The molecule has 1 saturated heterocycles. The van der Waals surface area contributed by atoms with Crippen molar-refractivity contribution in [3.05, 3.63) is 35.9 Å². The van der Waals surface area contributed by atoms with Crippen molar-refractivity contribution in [3.8, 4) is 11.5 Å². The quantitative estimate of drug-likeness (QED) is 0.821. The van der Waals surface area contributed by atoms with Crippen molar-refractivity contribution in [2.24, 2.45) is 0 Å². The van der Waals surface area contributed by atoms with E-state index >= 15 is 0 Å². The normalized spacial score (nSPS) is 34.2. The molecule has 3 atom stereocenters. The Morgan fingerprint density at radius 3 is 2.96 bits per heavy atom. The maximum atomic E-state index is 12.4. The van der Waals surface area contributed by atoms with E-state index in [0.29, 0.717) is 38.0 Å². The first kappa shape index (κ1) is 16.6. The predicted octanol–water partition coefficient (Wildman–Crippen LogP) is 1.94. The maximum Gasteiger partial charge on any atom is 0.161 e. The van der Waals surface area contributed by atoms with Crippen LogP contribution in [0.5, 0.6) is 11.5 Å². The number of phenolic OH excluding ortho intramolecular Hbond substituents is 1. The molecule has 1 aliphatic heterocycles. The number of hydrogen-bond acceptors (Lipinski definition) is 5. The van der Waals surface area contributed by atoms with E-state index in [1.807, 2.05) is 12.1 Å². The van der Waals surface area contributed by atoms with Crippen LogP contribution in [0.1, 0.15) is 36.8 Å². The van der Waals surface area contributed by atoms with Crippen LogP contribution in [0.25, 0.3) is 0 Å². The highest BCUT2D eigenvalue weighted by Crippen LogP contribution is 2.60. The lowest BCUT2D eigenvalue weighted by Gasteiger charge is -2.63. The number of carbonyl (C=O) groups is 1. The van der Waals surface area contributed by atoms with Crippen LogP contribution in [0.15, 0.2) is 24.8 Å². The number of nitrogens with zero attached hydrogens (tertiary/aromatic N) is 1. The van der Waals surface area contributed by atoms with Gasteiger partial charge in [-0.05, 0) is 37.4 Å². The molecule has 2 aliphatic carbocycles. The SMILES string of the molecule is C=CCN1CC[C@]23CC(=O)CC[C@@]2(O)[C@H]1Cc1ccc(OC)c(O)c13. The van der Waals surface area contributed by atoms with Gasteiger partial charge in [0.15, 0.2) is 11.5 Å². The molecule has 3 aliphatic rings. The highest BCUT2D eigenvalue weighted by molar-refractivity contribution is 5.83. The topological polar surface area (TPSA) is 70.0 Å². The minimum atomic E-state index is -1.01. The number of rotatable bonds is 3. The van der Waals surface area contributed by atoms with Gasteiger partial charge in [0.25, 0.3) is 0 Å². The fourth-order valence-electron chi connectivity index (χ4n) is 5.53. The van der Waals surface area contributed by atoms with Crippen LogP contribution >= 0.6 is 0 Å². The molecule has 1 heterocycles. The van der Waals surface area contributed by atoms with Gasteiger partial charge in [-0.15, -0.1) is 6.58 Å². The van der Waals surface area contributed by atoms with Gasteiger partial charge < -0.3 is 14.9 Å². The summed E-state index contributed by atoms with van der Waals surface area (Å²) in [6.45, 7) is 5.34. The molecule has 0 amide bonds. The molecular weight excluding hydrogens is 318 g/mol. The average molecular weight is 343 g/mol. The third-order valence-corrected chi connectivity index (χ3v) is 6.63. The number of benzene rings is 1. The van der Waals surface area contributed by atoms with E-state index in [1.165, 1.54) is 7.11 Å². The zero-order valence-electron chi connectivity index (χ0n) is 14.6. The summed E-state index contributed by atoms with van der Waals surface area (Å²) < 4.78 is 5.30. The first-order valence-corrected chi connectivity index (χ1v) is 8.95. The lowest BCUT2D eigenvalue weighted by molar-refractivity contribution is -0.171. The Bertz CT molecular complexity index is 745. The molecule has 5 heteroatoms. The molecule has 0 radical (unpaired) electrons. The molecule has 0 unspecified atom stereocenters. The third-order valence-electron chi connectivity index (χ3n) is 6.63. The van der Waals surface area contributed by atoms with E-state index in [4.69, 9.17) is 4.74 Å². The Hall–Kier alpha value is -1.85. The van der Waals surface area contributed by atoms with Crippen molar-refractivity contribution >= 4 is 5.78 Å². The van der Waals surface area contributed by atoms with Crippen molar-refractivity contribution < 1.29 is 19.7 Å². The summed E-state index contributed by atoms with van der Waals surface area (Å²) in [6, 6.07) is 3.68. The van der Waals surface area contributed by atoms with Crippen LogP contribution in [0, 0.1) is 0 Å².